The van der Waals surface area contributed by atoms with Gasteiger partial charge in [0, 0.05) is 18.2 Å². The summed E-state index contributed by atoms with van der Waals surface area (Å²) in [5.74, 6) is -0.927. The van der Waals surface area contributed by atoms with Gasteiger partial charge in [-0.1, -0.05) is 12.1 Å². The van der Waals surface area contributed by atoms with Gasteiger partial charge in [-0.3, -0.25) is 19.7 Å². The van der Waals surface area contributed by atoms with Crippen molar-refractivity contribution in [3.63, 3.8) is 0 Å². The number of nitrogens with one attached hydrogen (secondary N) is 2. The summed E-state index contributed by atoms with van der Waals surface area (Å²) in [6.45, 7) is 0. The number of rotatable bonds is 5. The number of hydrogen-bond donors (Lipinski definition) is 2. The van der Waals surface area contributed by atoms with Crippen LogP contribution in [-0.4, -0.2) is 17.7 Å². The van der Waals surface area contributed by atoms with Crippen LogP contribution in [0.2, 0.25) is 0 Å². The molecule has 3 amide bonds. The molecule has 5 nitrogen and oxygen atoms in total. The molecule has 2 N–H and O–H groups in total. The average Bonchev–Trinajstić information content (AvgIpc) is 3.17. The van der Waals surface area contributed by atoms with Crippen LogP contribution in [0.4, 0.5) is 5.69 Å². The first kappa shape index (κ1) is 16.1. The lowest BCUT2D eigenvalue weighted by Gasteiger charge is -2.07. The Balaban J connectivity index is 1.55. The standard InChI is InChI=1S/C18H16N2O3S/c21-16(6-3-13-7-8-24-11-13)19-15-4-1-12(2-5-15)9-14-10-17(22)20-18(14)23/h1-8,11,14H,9-10H2,(H,19,21)(H,20,22,23). The molecular weight excluding hydrogens is 324 g/mol. The van der Waals surface area contributed by atoms with E-state index in [0.29, 0.717) is 12.1 Å². The Morgan fingerprint density at radius 1 is 1.25 bits per heavy atom. The van der Waals surface area contributed by atoms with Crippen LogP contribution in [0.5, 0.6) is 0 Å². The van der Waals surface area contributed by atoms with E-state index >= 15 is 0 Å². The molecule has 0 bridgehead atoms. The van der Waals surface area contributed by atoms with Crippen LogP contribution in [0.15, 0.2) is 47.2 Å². The minimum atomic E-state index is -0.300. The van der Waals surface area contributed by atoms with Crippen LogP contribution < -0.4 is 10.6 Å². The Labute approximate surface area is 143 Å². The summed E-state index contributed by atoms with van der Waals surface area (Å²) in [7, 11) is 0. The average molecular weight is 340 g/mol. The summed E-state index contributed by atoms with van der Waals surface area (Å²) in [5.41, 5.74) is 2.64. The molecule has 1 fully saturated rings. The molecule has 0 spiro atoms. The van der Waals surface area contributed by atoms with Gasteiger partial charge >= 0.3 is 0 Å². The van der Waals surface area contributed by atoms with Crippen molar-refractivity contribution in [2.75, 3.05) is 5.32 Å². The number of benzene rings is 1. The molecule has 0 radical (unpaired) electrons. The van der Waals surface area contributed by atoms with Gasteiger partial charge in [0.1, 0.15) is 0 Å². The van der Waals surface area contributed by atoms with Crippen molar-refractivity contribution < 1.29 is 14.4 Å². The zero-order chi connectivity index (χ0) is 16.9. The number of anilines is 1. The van der Waals surface area contributed by atoms with Crippen LogP contribution in [0.1, 0.15) is 17.5 Å². The maximum atomic E-state index is 11.9. The molecule has 1 aromatic carbocycles. The highest BCUT2D eigenvalue weighted by molar-refractivity contribution is 7.08. The van der Waals surface area contributed by atoms with Crippen molar-refractivity contribution >= 4 is 40.8 Å². The predicted molar refractivity (Wildman–Crippen MR) is 93.4 cm³/mol. The van der Waals surface area contributed by atoms with E-state index in [1.54, 1.807) is 29.5 Å². The minimum absolute atomic E-state index is 0.199. The van der Waals surface area contributed by atoms with E-state index in [4.69, 9.17) is 0 Å². The summed E-state index contributed by atoms with van der Waals surface area (Å²) in [6, 6.07) is 9.23. The zero-order valence-electron chi connectivity index (χ0n) is 12.8. The first-order valence-corrected chi connectivity index (χ1v) is 8.48. The maximum Gasteiger partial charge on any atom is 0.248 e. The summed E-state index contributed by atoms with van der Waals surface area (Å²) in [6.07, 6.45) is 4.01. The van der Waals surface area contributed by atoms with Crippen molar-refractivity contribution in [2.24, 2.45) is 5.92 Å². The highest BCUT2D eigenvalue weighted by atomic mass is 32.1. The van der Waals surface area contributed by atoms with Crippen LogP contribution in [0.3, 0.4) is 0 Å². The van der Waals surface area contributed by atoms with E-state index in [9.17, 15) is 14.4 Å². The fourth-order valence-corrected chi connectivity index (χ4v) is 3.13. The molecule has 1 aliphatic rings. The van der Waals surface area contributed by atoms with E-state index in [-0.39, 0.29) is 30.1 Å². The van der Waals surface area contributed by atoms with Gasteiger partial charge in [-0.2, -0.15) is 11.3 Å². The Hall–Kier alpha value is -2.73. The molecule has 1 unspecified atom stereocenters. The number of hydrogen-bond acceptors (Lipinski definition) is 4. The normalized spacial score (nSPS) is 17.2. The molecule has 1 aromatic heterocycles. The summed E-state index contributed by atoms with van der Waals surface area (Å²) in [4.78, 5) is 34.6. The van der Waals surface area contributed by atoms with E-state index in [1.165, 1.54) is 6.08 Å². The van der Waals surface area contributed by atoms with Gasteiger partial charge in [-0.05, 0) is 52.6 Å². The molecule has 6 heteroatoms. The van der Waals surface area contributed by atoms with Gasteiger partial charge in [0.15, 0.2) is 0 Å². The van der Waals surface area contributed by atoms with Crippen molar-refractivity contribution in [1.29, 1.82) is 0 Å². The van der Waals surface area contributed by atoms with Crippen molar-refractivity contribution in [3.05, 3.63) is 58.3 Å². The molecule has 2 aromatic rings. The first-order valence-electron chi connectivity index (χ1n) is 7.54. The third-order valence-electron chi connectivity index (χ3n) is 3.74. The maximum absolute atomic E-state index is 11.9. The largest absolute Gasteiger partial charge is 0.323 e. The third-order valence-corrected chi connectivity index (χ3v) is 4.44. The fourth-order valence-electron chi connectivity index (χ4n) is 2.51. The summed E-state index contributed by atoms with van der Waals surface area (Å²) < 4.78 is 0. The highest BCUT2D eigenvalue weighted by Gasteiger charge is 2.30. The van der Waals surface area contributed by atoms with Crippen molar-refractivity contribution in [1.82, 2.24) is 5.32 Å². The third kappa shape index (κ3) is 4.17. The Bertz CT molecular complexity index is 779. The second-order valence-corrected chi connectivity index (χ2v) is 6.37. The lowest BCUT2D eigenvalue weighted by molar-refractivity contribution is -0.125. The number of amides is 3. The number of thiophene rings is 1. The molecule has 0 saturated carbocycles. The molecule has 2 heterocycles. The number of imide groups is 1. The molecular formula is C18H16N2O3S. The van der Waals surface area contributed by atoms with Crippen LogP contribution in [0.25, 0.3) is 6.08 Å². The van der Waals surface area contributed by atoms with Gasteiger partial charge < -0.3 is 5.32 Å². The monoisotopic (exact) mass is 340 g/mol. The second-order valence-electron chi connectivity index (χ2n) is 5.59. The fraction of sp³-hybridized carbons (Fsp3) is 0.167. The first-order chi connectivity index (χ1) is 11.6. The van der Waals surface area contributed by atoms with Crippen LogP contribution in [-0.2, 0) is 20.8 Å². The van der Waals surface area contributed by atoms with Gasteiger partial charge in [0.05, 0.1) is 5.92 Å². The quantitative estimate of drug-likeness (QED) is 0.649. The van der Waals surface area contributed by atoms with Gasteiger partial charge in [0.2, 0.25) is 17.7 Å². The molecule has 3 rings (SSSR count). The zero-order valence-corrected chi connectivity index (χ0v) is 13.6. The molecule has 122 valence electrons. The topological polar surface area (TPSA) is 75.3 Å². The molecule has 0 aliphatic carbocycles. The van der Waals surface area contributed by atoms with E-state index in [2.05, 4.69) is 10.6 Å². The Kier molecular flexibility index (Phi) is 4.86. The SMILES string of the molecule is O=C(C=Cc1ccsc1)Nc1ccc(CC2CC(=O)NC2=O)cc1. The Morgan fingerprint density at radius 3 is 2.67 bits per heavy atom. The van der Waals surface area contributed by atoms with Crippen molar-refractivity contribution in [3.8, 4) is 0 Å². The number of carbonyl (C=O) groups is 3. The van der Waals surface area contributed by atoms with Gasteiger partial charge in [0.25, 0.3) is 0 Å². The molecule has 1 saturated heterocycles. The van der Waals surface area contributed by atoms with Crippen molar-refractivity contribution in [2.45, 2.75) is 12.8 Å². The van der Waals surface area contributed by atoms with E-state index in [1.807, 2.05) is 29.0 Å². The number of carbonyl (C=O) groups excluding carboxylic acids is 3. The lowest BCUT2D eigenvalue weighted by atomic mass is 9.98. The molecule has 24 heavy (non-hydrogen) atoms. The van der Waals surface area contributed by atoms with Crippen LogP contribution >= 0.6 is 11.3 Å². The summed E-state index contributed by atoms with van der Waals surface area (Å²) in [5, 5.41) is 9.01. The van der Waals surface area contributed by atoms with E-state index < -0.39 is 0 Å². The molecule has 1 aliphatic heterocycles. The Morgan fingerprint density at radius 2 is 2.04 bits per heavy atom. The van der Waals surface area contributed by atoms with E-state index in [0.717, 1.165) is 11.1 Å². The minimum Gasteiger partial charge on any atom is -0.323 e. The highest BCUT2D eigenvalue weighted by Crippen LogP contribution is 2.19. The predicted octanol–water partition coefficient (Wildman–Crippen LogP) is 2.61. The summed E-state index contributed by atoms with van der Waals surface area (Å²) >= 11 is 1.58. The van der Waals surface area contributed by atoms with Gasteiger partial charge in [-0.25, -0.2) is 0 Å². The smallest absolute Gasteiger partial charge is 0.248 e. The van der Waals surface area contributed by atoms with Gasteiger partial charge in [-0.15, -0.1) is 0 Å². The lowest BCUT2D eigenvalue weighted by Crippen LogP contribution is -2.22. The van der Waals surface area contributed by atoms with Crippen LogP contribution in [0, 0.1) is 5.92 Å². The molecule has 1 atom stereocenters. The second kappa shape index (κ2) is 7.23.